The smallest absolute Gasteiger partial charge is 0.265 e. The predicted octanol–water partition coefficient (Wildman–Crippen LogP) is 15.8. The first-order chi connectivity index (χ1) is 60.1. The summed E-state index contributed by atoms with van der Waals surface area (Å²) in [5.74, 6) is -1.55. The zero-order chi connectivity index (χ0) is 94.1. The topological polar surface area (TPSA) is 431 Å². The molecule has 12 aromatic rings. The van der Waals surface area contributed by atoms with Gasteiger partial charge in [-0.25, -0.2) is 52.6 Å². The molecular weight excluding hydrogens is 1760 g/mol. The van der Waals surface area contributed by atoms with Crippen molar-refractivity contribution in [1.82, 2.24) is 20.6 Å². The van der Waals surface area contributed by atoms with Gasteiger partial charge in [0.2, 0.25) is 27.1 Å². The number of aromatic nitrogens is 4. The average Bonchev–Trinajstić information content (AvgIpc) is 1.89. The van der Waals surface area contributed by atoms with Crippen molar-refractivity contribution < 1.29 is 127 Å². The van der Waals surface area contributed by atoms with Gasteiger partial charge in [-0.1, -0.05) is 67.0 Å². The summed E-state index contributed by atoms with van der Waals surface area (Å²) in [5, 5.41) is 19.4. The molecule has 4 aromatic carbocycles. The minimum absolute atomic E-state index is 0.000593. The van der Waals surface area contributed by atoms with Crippen molar-refractivity contribution >= 4 is 179 Å². The van der Waals surface area contributed by atoms with E-state index in [1.165, 1.54) is 83.9 Å². The van der Waals surface area contributed by atoms with Gasteiger partial charge < -0.3 is 56.0 Å². The highest BCUT2D eigenvalue weighted by Crippen LogP contribution is 2.42. The van der Waals surface area contributed by atoms with Crippen LogP contribution in [0.15, 0.2) is 132 Å². The molecule has 0 amide bonds. The molecule has 0 fully saturated rings. The van der Waals surface area contributed by atoms with Crippen molar-refractivity contribution in [3.8, 4) is 46.0 Å². The van der Waals surface area contributed by atoms with Crippen LogP contribution in [-0.2, 0) is 65.8 Å². The molecule has 8 aromatic heterocycles. The summed E-state index contributed by atoms with van der Waals surface area (Å²) in [5.41, 5.74) is 2.91. The van der Waals surface area contributed by atoms with Gasteiger partial charge in [-0.2, -0.15) is 0 Å². The third-order valence-corrected chi connectivity index (χ3v) is 28.1. The summed E-state index contributed by atoms with van der Waals surface area (Å²) in [6, 6.07) is 16.7. The molecule has 116 heavy (non-hydrogen) atoms. The highest BCUT2D eigenvalue weighted by atomic mass is 35.5. The lowest BCUT2D eigenvalue weighted by Crippen LogP contribution is -2.16. The van der Waals surface area contributed by atoms with Crippen LogP contribution in [0, 0.1) is 55.2 Å². The first-order valence-corrected chi connectivity index (χ1v) is 43.5. The van der Waals surface area contributed by atoms with Crippen molar-refractivity contribution in [2.45, 2.75) is 100 Å². The monoisotopic (exact) mass is 1830 g/mol. The Labute approximate surface area is 714 Å². The molecular formula is C72H60Cl4N8O24S8. The summed E-state index contributed by atoms with van der Waals surface area (Å²) in [6.45, 7) is -4.42. The zero-order valence-electron chi connectivity index (χ0n) is 72.3. The first kappa shape index (κ1) is 67.9. The number of ketones is 4. The minimum atomic E-state index is -4.32. The Bertz CT molecular complexity index is 6970. The van der Waals surface area contributed by atoms with Crippen molar-refractivity contribution in [3.63, 3.8) is 0 Å². The largest absolute Gasteiger partial charge is 0.454 e. The number of benzene rings is 4. The number of rotatable bonds is 24. The van der Waals surface area contributed by atoms with Gasteiger partial charge in [0.05, 0.1) is 19.5 Å². The van der Waals surface area contributed by atoms with Crippen LogP contribution in [0.2, 0.25) is 20.1 Å². The maximum Gasteiger partial charge on any atom is 0.265 e. The number of carbonyl (C=O) groups is 4. The van der Waals surface area contributed by atoms with Crippen molar-refractivity contribution in [2.75, 3.05) is 46.0 Å². The predicted molar refractivity (Wildman–Crippen MR) is 427 cm³/mol. The van der Waals surface area contributed by atoms with E-state index >= 15 is 0 Å². The molecule has 0 bridgehead atoms. The van der Waals surface area contributed by atoms with E-state index in [4.69, 9.17) is 120 Å². The van der Waals surface area contributed by atoms with Crippen LogP contribution in [-0.4, -0.2) is 105 Å². The minimum Gasteiger partial charge on any atom is -0.454 e. The molecule has 4 aliphatic rings. The highest BCUT2D eigenvalue weighted by molar-refractivity contribution is 7.94. The Balaban J connectivity index is 0.000000147. The lowest BCUT2D eigenvalue weighted by Gasteiger charge is -2.09. The second-order valence-electron chi connectivity index (χ2n) is 24.4. The van der Waals surface area contributed by atoms with Gasteiger partial charge in [0, 0.05) is 38.0 Å². The Hall–Kier alpha value is -10.2. The van der Waals surface area contributed by atoms with Crippen LogP contribution < -0.4 is 56.8 Å². The van der Waals surface area contributed by atoms with Gasteiger partial charge in [0.15, 0.2) is 69.1 Å². The number of hydrogen-bond donors (Lipinski definition) is 4. The fraction of sp³-hybridized carbons (Fsp3) is 0.222. The Morgan fingerprint density at radius 2 is 0.595 bits per heavy atom. The number of halogens is 4. The van der Waals surface area contributed by atoms with Gasteiger partial charge in [-0.3, -0.25) is 19.2 Å². The summed E-state index contributed by atoms with van der Waals surface area (Å²) < 4.78 is 271. The number of thiophene rings is 4. The fourth-order valence-corrected chi connectivity index (χ4v) is 21.0. The quantitative estimate of drug-likeness (QED) is 0.0408. The Kier molecular flexibility index (Phi) is 20.0. The molecule has 4 aliphatic heterocycles. The van der Waals surface area contributed by atoms with Crippen molar-refractivity contribution in [1.29, 1.82) is 0 Å². The van der Waals surface area contributed by atoms with Crippen LogP contribution in [0.25, 0.3) is 0 Å². The number of Topliss-reactive ketones (excluding diaryl/α,β-unsaturated/α-hetero) is 4. The van der Waals surface area contributed by atoms with E-state index in [0.717, 1.165) is 57.0 Å². The van der Waals surface area contributed by atoms with Gasteiger partial charge in [0.1, 0.15) is 67.9 Å². The Morgan fingerprint density at radius 1 is 0.362 bits per heavy atom. The van der Waals surface area contributed by atoms with Gasteiger partial charge in [-0.15, -0.1) is 45.3 Å². The maximum atomic E-state index is 13.1. The molecule has 0 atom stereocenters. The molecule has 0 unspecified atom stereocenters. The van der Waals surface area contributed by atoms with Crippen LogP contribution in [0.1, 0.15) is 124 Å². The number of sulfonamides is 4. The summed E-state index contributed by atoms with van der Waals surface area (Å²) in [7, 11) is -17.0. The maximum absolute atomic E-state index is 13.1. The standard InChI is InChI=1S/4C18H15ClN2O6S2/c4*1-9-5-13-14(26-8-25-13)7-11(9)6-12(22)17-15(3-4-28-17)29(23,24)21-18-16(19)10(2)20-27-18/h4*3-5,7,21H,6,8H2,1-2H3/i1D3,8D2;8D2;2D3;1D3. The number of hydrogen-bond acceptors (Lipinski definition) is 32. The van der Waals surface area contributed by atoms with E-state index in [-0.39, 0.29) is 161 Å². The van der Waals surface area contributed by atoms with Crippen LogP contribution in [0.3, 0.4) is 0 Å². The van der Waals surface area contributed by atoms with E-state index in [0.29, 0.717) is 45.3 Å². The van der Waals surface area contributed by atoms with E-state index in [1.807, 2.05) is 6.92 Å². The summed E-state index contributed by atoms with van der Waals surface area (Å²) >= 11 is 27.6. The first-order valence-electron chi connectivity index (χ1n) is 39.0. The number of nitrogens with zero attached hydrogens (tertiary/aromatic N) is 4. The van der Waals surface area contributed by atoms with Crippen molar-refractivity contribution in [3.05, 3.63) is 201 Å². The van der Waals surface area contributed by atoms with E-state index in [2.05, 4.69) is 39.5 Å². The molecule has 44 heteroatoms. The molecule has 0 radical (unpaired) electrons. The van der Waals surface area contributed by atoms with Gasteiger partial charge in [0.25, 0.3) is 63.6 Å². The average molecular weight is 1830 g/mol. The molecule has 12 heterocycles. The highest BCUT2D eigenvalue weighted by Gasteiger charge is 2.34. The van der Waals surface area contributed by atoms with E-state index in [1.54, 1.807) is 32.0 Å². The molecule has 4 N–H and O–H groups in total. The second-order valence-corrected chi connectivity index (χ2v) is 36.2. The third-order valence-electron chi connectivity index (χ3n) is 16.6. The zero-order valence-corrected chi connectivity index (χ0v) is 68.9. The van der Waals surface area contributed by atoms with Crippen LogP contribution in [0.4, 0.5) is 23.5 Å². The number of carbonyl (C=O) groups excluding carboxylic acids is 4. The van der Waals surface area contributed by atoms with Crippen molar-refractivity contribution in [2.24, 2.45) is 0 Å². The van der Waals surface area contributed by atoms with E-state index in [9.17, 15) is 52.8 Å². The number of fused-ring (bicyclic) bond motifs is 4. The number of ether oxygens (including phenoxy) is 8. The fourth-order valence-electron chi connectivity index (χ4n) is 10.8. The molecule has 0 aliphatic carbocycles. The number of nitrogens with one attached hydrogen (secondary N) is 4. The van der Waals surface area contributed by atoms with Crippen LogP contribution >= 0.6 is 91.8 Å². The Morgan fingerprint density at radius 3 is 0.845 bits per heavy atom. The molecule has 608 valence electrons. The summed E-state index contributed by atoms with van der Waals surface area (Å²) in [4.78, 5) is 50.8. The van der Waals surface area contributed by atoms with Gasteiger partial charge >= 0.3 is 0 Å². The summed E-state index contributed by atoms with van der Waals surface area (Å²) in [6.07, 6.45) is -1.01. The molecule has 0 spiro atoms. The second kappa shape index (κ2) is 34.1. The lowest BCUT2D eigenvalue weighted by molar-refractivity contribution is 0.0985. The third kappa shape index (κ3) is 18.1. The molecule has 0 saturated carbocycles. The molecule has 16 rings (SSSR count). The number of anilines is 4. The van der Waals surface area contributed by atoms with E-state index < -0.39 is 120 Å². The van der Waals surface area contributed by atoms with Crippen LogP contribution in [0.5, 0.6) is 46.0 Å². The number of aryl methyl sites for hydroxylation is 8. The lowest BCUT2D eigenvalue weighted by atomic mass is 10.0. The molecule has 0 saturated heterocycles. The normalized spacial score (nSPS) is 15.8. The SMILES string of the molecule is [2H]C([2H])([2H])c1cc2c(cc1CC(=O)c1sccc1S(=O)(=O)Nc1onc(C)c1Cl)OCO2.[2H]C([2H])([2H])c1noc(NS(=O)(=O)c2ccsc2C(=O)Cc2cc3c(cc2C)OCO3)c1Cl.[2H]C1([2H])Oc2cc(C)c(CC(=O)c3sccc3S(=O)(=O)Nc3onc(C)c3Cl)cc2O1.[2H]C1([2H])Oc2cc(CC(=O)c3sccc3S(=O)(=O)Nc3onc(C)c3Cl)c(C([2H])([2H])[2H])cc2O1. The molecule has 32 nitrogen and oxygen atoms in total. The van der Waals surface area contributed by atoms with Gasteiger partial charge in [-0.05, 0) is 194 Å².